The number of rotatable bonds is 5. The molecular weight excluding hydrogens is 292 g/mol. The number of hydrogen-bond donors (Lipinski definition) is 0. The van der Waals surface area contributed by atoms with E-state index in [4.69, 9.17) is 0 Å². The van der Waals surface area contributed by atoms with E-state index in [1.165, 1.54) is 55.6 Å². The summed E-state index contributed by atoms with van der Waals surface area (Å²) >= 11 is 7.18. The van der Waals surface area contributed by atoms with Crippen LogP contribution in [0.1, 0.15) is 44.9 Å². The van der Waals surface area contributed by atoms with Gasteiger partial charge in [0.2, 0.25) is 0 Å². The van der Waals surface area contributed by atoms with Crippen LogP contribution in [-0.2, 0) is 0 Å². The molecule has 0 aromatic carbocycles. The third-order valence-electron chi connectivity index (χ3n) is 3.22. The van der Waals surface area contributed by atoms with Crippen molar-refractivity contribution < 1.29 is 0 Å². The quantitative estimate of drug-likeness (QED) is 0.643. The van der Waals surface area contributed by atoms with Gasteiger partial charge in [-0.15, -0.1) is 0 Å². The Balaban J connectivity index is 2.26. The number of hydrogen-bond acceptors (Lipinski definition) is 0. The molecule has 13 heavy (non-hydrogen) atoms. The monoisotopic (exact) mass is 310 g/mol. The highest BCUT2D eigenvalue weighted by Gasteiger charge is 2.21. The smallest absolute Gasteiger partial charge is 0.00623 e. The maximum absolute atomic E-state index is 3.67. The summed E-state index contributed by atoms with van der Waals surface area (Å²) in [5.74, 6) is 1.96. The van der Waals surface area contributed by atoms with Crippen molar-refractivity contribution >= 4 is 31.9 Å². The second kappa shape index (κ2) is 7.28. The molecule has 78 valence electrons. The predicted octanol–water partition coefficient (Wildman–Crippen LogP) is 4.75. The summed E-state index contributed by atoms with van der Waals surface area (Å²) in [6.07, 6.45) is 10.1. The van der Waals surface area contributed by atoms with Crippen LogP contribution in [0.4, 0.5) is 0 Å². The fourth-order valence-corrected chi connectivity index (χ4v) is 3.56. The molecule has 0 spiro atoms. The zero-order valence-electron chi connectivity index (χ0n) is 8.27. The van der Waals surface area contributed by atoms with Gasteiger partial charge in [-0.25, -0.2) is 0 Å². The average Bonchev–Trinajstić information content (AvgIpc) is 2.21. The Labute approximate surface area is 99.1 Å². The van der Waals surface area contributed by atoms with Crippen LogP contribution in [0.5, 0.6) is 0 Å². The van der Waals surface area contributed by atoms with Gasteiger partial charge in [0.15, 0.2) is 0 Å². The summed E-state index contributed by atoms with van der Waals surface area (Å²) in [5.41, 5.74) is 0. The van der Waals surface area contributed by atoms with Crippen LogP contribution >= 0.6 is 31.9 Å². The lowest BCUT2D eigenvalue weighted by Gasteiger charge is -2.28. The lowest BCUT2D eigenvalue weighted by atomic mass is 9.79. The maximum atomic E-state index is 3.67. The highest BCUT2D eigenvalue weighted by Crippen LogP contribution is 2.33. The molecule has 0 aromatic heterocycles. The average molecular weight is 312 g/mol. The summed E-state index contributed by atoms with van der Waals surface area (Å²) in [4.78, 5) is 0. The van der Waals surface area contributed by atoms with Crippen molar-refractivity contribution in [2.24, 2.45) is 11.8 Å². The molecule has 0 aromatic rings. The summed E-state index contributed by atoms with van der Waals surface area (Å²) in [6, 6.07) is 0. The molecule has 0 nitrogen and oxygen atoms in total. The summed E-state index contributed by atoms with van der Waals surface area (Å²) < 4.78 is 0. The van der Waals surface area contributed by atoms with Crippen molar-refractivity contribution in [1.29, 1.82) is 0 Å². The molecule has 0 N–H and O–H groups in total. The molecule has 1 rings (SSSR count). The van der Waals surface area contributed by atoms with E-state index >= 15 is 0 Å². The molecule has 2 heteroatoms. The molecule has 1 fully saturated rings. The minimum absolute atomic E-state index is 0.942. The lowest BCUT2D eigenvalue weighted by molar-refractivity contribution is 0.256. The van der Waals surface area contributed by atoms with Crippen molar-refractivity contribution in [2.75, 3.05) is 10.7 Å². The zero-order valence-corrected chi connectivity index (χ0v) is 11.4. The molecule has 0 bridgehead atoms. The Kier molecular flexibility index (Phi) is 6.74. The Hall–Kier alpha value is 0.960. The molecule has 1 saturated carbocycles. The number of alkyl halides is 2. The van der Waals surface area contributed by atoms with Crippen LogP contribution in [-0.4, -0.2) is 10.7 Å². The fraction of sp³-hybridized carbons (Fsp3) is 1.00. The van der Waals surface area contributed by atoms with Gasteiger partial charge in [-0.1, -0.05) is 64.0 Å². The van der Waals surface area contributed by atoms with Crippen molar-refractivity contribution in [3.63, 3.8) is 0 Å². The summed E-state index contributed by atoms with van der Waals surface area (Å²) in [7, 11) is 0. The van der Waals surface area contributed by atoms with E-state index < -0.39 is 0 Å². The Morgan fingerprint density at radius 3 is 2.31 bits per heavy atom. The van der Waals surface area contributed by atoms with Gasteiger partial charge in [-0.3, -0.25) is 0 Å². The summed E-state index contributed by atoms with van der Waals surface area (Å²) in [5, 5.41) is 2.38. The largest absolute Gasteiger partial charge is 0.0928 e. The molecule has 0 amide bonds. The first-order chi connectivity index (χ1) is 6.38. The molecular formula is C11H20Br2. The molecule has 1 unspecified atom stereocenters. The van der Waals surface area contributed by atoms with Gasteiger partial charge >= 0.3 is 0 Å². The first-order valence-corrected chi connectivity index (χ1v) is 7.74. The predicted molar refractivity (Wildman–Crippen MR) is 66.9 cm³/mol. The second-order valence-electron chi connectivity index (χ2n) is 4.14. The minimum atomic E-state index is 0.942. The molecule has 0 saturated heterocycles. The first-order valence-electron chi connectivity index (χ1n) is 5.50. The van der Waals surface area contributed by atoms with E-state index in [9.17, 15) is 0 Å². The maximum Gasteiger partial charge on any atom is 0.00623 e. The highest BCUT2D eigenvalue weighted by molar-refractivity contribution is 9.09. The first kappa shape index (κ1) is 12.0. The minimum Gasteiger partial charge on any atom is -0.0928 e. The van der Waals surface area contributed by atoms with Crippen molar-refractivity contribution in [1.82, 2.24) is 0 Å². The molecule has 0 aliphatic heterocycles. The van der Waals surface area contributed by atoms with Crippen LogP contribution in [0, 0.1) is 11.8 Å². The van der Waals surface area contributed by atoms with Gasteiger partial charge in [0.1, 0.15) is 0 Å². The Bertz CT molecular complexity index is 119. The van der Waals surface area contributed by atoms with Gasteiger partial charge in [0, 0.05) is 10.7 Å². The normalized spacial score (nSPS) is 21.7. The highest BCUT2D eigenvalue weighted by atomic mass is 79.9. The number of halogens is 2. The van der Waals surface area contributed by atoms with E-state index in [-0.39, 0.29) is 0 Å². The Morgan fingerprint density at radius 2 is 1.77 bits per heavy atom. The van der Waals surface area contributed by atoms with E-state index in [0.29, 0.717) is 0 Å². The van der Waals surface area contributed by atoms with Gasteiger partial charge in [0.05, 0.1) is 0 Å². The fourth-order valence-electron chi connectivity index (χ4n) is 2.38. The molecule has 1 aliphatic carbocycles. The SMILES string of the molecule is BrCCCC(CBr)C1CCCCC1. The van der Waals surface area contributed by atoms with E-state index in [1.54, 1.807) is 0 Å². The second-order valence-corrected chi connectivity index (χ2v) is 5.58. The third kappa shape index (κ3) is 4.33. The van der Waals surface area contributed by atoms with Crippen LogP contribution in [0.3, 0.4) is 0 Å². The van der Waals surface area contributed by atoms with E-state index in [2.05, 4.69) is 31.9 Å². The van der Waals surface area contributed by atoms with Gasteiger partial charge in [-0.05, 0) is 24.7 Å². The third-order valence-corrected chi connectivity index (χ3v) is 4.62. The van der Waals surface area contributed by atoms with E-state index in [1.807, 2.05) is 0 Å². The molecule has 0 heterocycles. The van der Waals surface area contributed by atoms with Crippen molar-refractivity contribution in [3.8, 4) is 0 Å². The molecule has 1 atom stereocenters. The standard InChI is InChI=1S/C11H20Br2/c12-8-4-7-11(9-13)10-5-2-1-3-6-10/h10-11H,1-9H2. The van der Waals surface area contributed by atoms with E-state index in [0.717, 1.165) is 11.8 Å². The van der Waals surface area contributed by atoms with Crippen LogP contribution < -0.4 is 0 Å². The summed E-state index contributed by atoms with van der Waals surface area (Å²) in [6.45, 7) is 0. The topological polar surface area (TPSA) is 0 Å². The zero-order chi connectivity index (χ0) is 9.52. The van der Waals surface area contributed by atoms with Gasteiger partial charge in [0.25, 0.3) is 0 Å². The molecule has 0 radical (unpaired) electrons. The van der Waals surface area contributed by atoms with Crippen LogP contribution in [0.15, 0.2) is 0 Å². The van der Waals surface area contributed by atoms with Crippen molar-refractivity contribution in [2.45, 2.75) is 44.9 Å². The van der Waals surface area contributed by atoms with Gasteiger partial charge in [-0.2, -0.15) is 0 Å². The van der Waals surface area contributed by atoms with Crippen LogP contribution in [0.25, 0.3) is 0 Å². The lowest BCUT2D eigenvalue weighted by Crippen LogP contribution is -2.19. The van der Waals surface area contributed by atoms with Crippen molar-refractivity contribution in [3.05, 3.63) is 0 Å². The molecule has 1 aliphatic rings. The Morgan fingerprint density at radius 1 is 1.08 bits per heavy atom. The van der Waals surface area contributed by atoms with Crippen LogP contribution in [0.2, 0.25) is 0 Å². The van der Waals surface area contributed by atoms with Gasteiger partial charge < -0.3 is 0 Å².